The van der Waals surface area contributed by atoms with Gasteiger partial charge in [0.15, 0.2) is 11.5 Å². The van der Waals surface area contributed by atoms with E-state index in [4.69, 9.17) is 20.0 Å². The highest BCUT2D eigenvalue weighted by Crippen LogP contribution is 2.48. The third-order valence-electron chi connectivity index (χ3n) is 9.05. The van der Waals surface area contributed by atoms with Crippen molar-refractivity contribution >= 4 is 24.6 Å². The van der Waals surface area contributed by atoms with Crippen LogP contribution in [0.1, 0.15) is 150 Å². The number of benzene rings is 2. The third kappa shape index (κ3) is 19.3. The fourth-order valence-electron chi connectivity index (χ4n) is 6.52. The van der Waals surface area contributed by atoms with Crippen LogP contribution in [0.4, 0.5) is 0 Å². The van der Waals surface area contributed by atoms with Gasteiger partial charge in [0.25, 0.3) is 0 Å². The number of esters is 2. The Morgan fingerprint density at radius 3 is 2.18 bits per heavy atom. The summed E-state index contributed by atoms with van der Waals surface area (Å²) in [6, 6.07) is 10.4. The highest BCUT2D eigenvalue weighted by Gasteiger charge is 2.35. The number of aromatic nitrogens is 3. The topological polar surface area (TPSA) is 163 Å². The molecule has 2 aliphatic rings. The number of quaternary nitrogens is 1. The van der Waals surface area contributed by atoms with E-state index in [2.05, 4.69) is 75.4 Å². The number of unbranched alkanes of at least 4 members (excludes halogenated alkanes) is 1. The van der Waals surface area contributed by atoms with Gasteiger partial charge in [-0.1, -0.05) is 119 Å². The van der Waals surface area contributed by atoms with Crippen LogP contribution in [0.15, 0.2) is 36.5 Å². The molecule has 3 aromatic rings. The van der Waals surface area contributed by atoms with Gasteiger partial charge in [0.05, 0.1) is 18.2 Å². The van der Waals surface area contributed by atoms with Crippen molar-refractivity contribution in [3.05, 3.63) is 58.9 Å². The molecule has 338 valence electrons. The van der Waals surface area contributed by atoms with Crippen molar-refractivity contribution in [3.8, 4) is 22.6 Å². The van der Waals surface area contributed by atoms with E-state index >= 15 is 0 Å². The first-order valence-electron chi connectivity index (χ1n) is 22.4. The number of ether oxygens (including phenoxy) is 2. The normalized spacial score (nSPS) is 12.8. The van der Waals surface area contributed by atoms with Crippen molar-refractivity contribution in [3.63, 3.8) is 0 Å². The molecule has 4 N–H and O–H groups in total. The van der Waals surface area contributed by atoms with Crippen LogP contribution in [-0.2, 0) is 45.0 Å². The van der Waals surface area contributed by atoms with E-state index < -0.39 is 5.97 Å². The predicted molar refractivity (Wildman–Crippen MR) is 244 cm³/mol. The average molecular weight is 838 g/mol. The number of nitrogens with two attached hydrogens (primary N) is 2. The van der Waals surface area contributed by atoms with Crippen LogP contribution in [0.3, 0.4) is 0 Å². The molecule has 0 bridgehead atoms. The van der Waals surface area contributed by atoms with E-state index in [-0.39, 0.29) is 30.0 Å². The molecular formula is C48H81N6O6+. The largest absolute Gasteiger partial charge is 0.422 e. The standard InChI is InChI=1S/C35H45N5O5.C4H11N.C4H10.2C2H6.CH2O/c1-22(2)20-39(5)30(41)12-7-10-26-21-40(38-37-26)18-8-13-31(42)44-29-15-14-25-19-28-32-24(16-17-36-28)9-6-11-27(32)33(25)34(29)45-35(43)23(3)4;1-2-3-4-5;1-4(2)3;3*1-2/h6,9,11,14-15,21-23,28,36H,7-8,10,12-13,16-20H2,1-5H3;2-5H2,1H3;4H,1-3H3;2*1-2H3;1H2/p+1/t28-;;;;;/m1...../s1. The summed E-state index contributed by atoms with van der Waals surface area (Å²) in [6.07, 6.45) is 8.60. The Hall–Kier alpha value is -4.42. The number of fused-ring (bicyclic) bond motifs is 2. The molecule has 0 saturated heterocycles. The molecule has 2 heterocycles. The van der Waals surface area contributed by atoms with Crippen LogP contribution >= 0.6 is 0 Å². The van der Waals surface area contributed by atoms with E-state index in [9.17, 15) is 14.4 Å². The lowest BCUT2D eigenvalue weighted by atomic mass is 9.77. The van der Waals surface area contributed by atoms with Crippen LogP contribution in [-0.4, -0.2) is 71.2 Å². The summed E-state index contributed by atoms with van der Waals surface area (Å²) in [5, 5.41) is 10.8. The van der Waals surface area contributed by atoms with E-state index in [1.54, 1.807) is 29.5 Å². The van der Waals surface area contributed by atoms with Crippen LogP contribution in [0.5, 0.6) is 11.5 Å². The van der Waals surface area contributed by atoms with Crippen LogP contribution in [0, 0.1) is 17.8 Å². The highest BCUT2D eigenvalue weighted by molar-refractivity contribution is 5.87. The maximum atomic E-state index is 13.0. The lowest BCUT2D eigenvalue weighted by molar-refractivity contribution is -0.698. The molecule has 1 atom stereocenters. The molecule has 1 aromatic heterocycles. The maximum Gasteiger partial charge on any atom is 0.313 e. The second-order valence-corrected chi connectivity index (χ2v) is 15.9. The molecule has 0 unspecified atom stereocenters. The van der Waals surface area contributed by atoms with Gasteiger partial charge in [-0.3, -0.25) is 19.1 Å². The summed E-state index contributed by atoms with van der Waals surface area (Å²) in [5.74, 6) is 0.896. The SMILES string of the molecule is C=O.CC.CC.CC(C)C.CC(C)CN(C)C(=O)CCCc1cn(CCCC(=O)Oc2ccc3c(c2OC(=O)C(C)C)-c2cccc4c2[C@@H](C3)[NH2+]CC4)nn1.CCCCN. The van der Waals surface area contributed by atoms with Gasteiger partial charge < -0.3 is 30.2 Å². The van der Waals surface area contributed by atoms with Crippen LogP contribution in [0.2, 0.25) is 0 Å². The molecule has 0 spiro atoms. The van der Waals surface area contributed by atoms with Gasteiger partial charge >= 0.3 is 11.9 Å². The van der Waals surface area contributed by atoms with E-state index in [0.717, 1.165) is 60.8 Å². The molecule has 2 aromatic carbocycles. The van der Waals surface area contributed by atoms with Crippen molar-refractivity contribution in [2.45, 2.75) is 153 Å². The monoisotopic (exact) mass is 838 g/mol. The lowest BCUT2D eigenvalue weighted by Gasteiger charge is -2.32. The van der Waals surface area contributed by atoms with E-state index in [0.29, 0.717) is 49.9 Å². The molecule has 12 heteroatoms. The fourth-order valence-corrected chi connectivity index (χ4v) is 6.52. The van der Waals surface area contributed by atoms with Gasteiger partial charge in [-0.15, -0.1) is 5.10 Å². The minimum Gasteiger partial charge on any atom is -0.422 e. The maximum absolute atomic E-state index is 13.0. The van der Waals surface area contributed by atoms with Gasteiger partial charge in [0.1, 0.15) is 12.8 Å². The predicted octanol–water partition coefficient (Wildman–Crippen LogP) is 8.32. The minimum absolute atomic E-state index is 0.140. The molecule has 60 heavy (non-hydrogen) atoms. The number of carbonyl (C=O) groups excluding carboxylic acids is 4. The summed E-state index contributed by atoms with van der Waals surface area (Å²) in [5.41, 5.74) is 11.6. The zero-order chi connectivity index (χ0) is 45.8. The summed E-state index contributed by atoms with van der Waals surface area (Å²) < 4.78 is 13.6. The van der Waals surface area contributed by atoms with Crippen molar-refractivity contribution < 1.29 is 34.0 Å². The third-order valence-corrected chi connectivity index (χ3v) is 9.05. The van der Waals surface area contributed by atoms with Gasteiger partial charge in [-0.2, -0.15) is 0 Å². The Kier molecular flexibility index (Phi) is 29.1. The van der Waals surface area contributed by atoms with Gasteiger partial charge in [0, 0.05) is 63.1 Å². The fraction of sp³-hybridized carbons (Fsp3) is 0.625. The van der Waals surface area contributed by atoms with Gasteiger partial charge in [-0.25, -0.2) is 0 Å². The second kappa shape index (κ2) is 31.5. The Balaban J connectivity index is 0.00000203. The number of rotatable bonds is 15. The number of nitrogens with zero attached hydrogens (tertiary/aromatic N) is 4. The number of hydrogen-bond acceptors (Lipinski definition) is 9. The number of carbonyl (C=O) groups is 4. The molecule has 0 saturated carbocycles. The first kappa shape index (κ1) is 55.6. The van der Waals surface area contributed by atoms with Crippen molar-refractivity contribution in [1.82, 2.24) is 19.9 Å². The number of hydrogen-bond donors (Lipinski definition) is 2. The highest BCUT2D eigenvalue weighted by atomic mass is 16.6. The Labute approximate surface area is 362 Å². The molecule has 5 rings (SSSR count). The smallest absolute Gasteiger partial charge is 0.313 e. The van der Waals surface area contributed by atoms with Crippen LogP contribution in [0.25, 0.3) is 11.1 Å². The zero-order valence-corrected chi connectivity index (χ0v) is 39.6. The molecular weight excluding hydrogens is 757 g/mol. The number of amides is 1. The first-order valence-corrected chi connectivity index (χ1v) is 22.4. The lowest BCUT2D eigenvalue weighted by Crippen LogP contribution is -2.87. The molecule has 1 amide bonds. The quantitative estimate of drug-likeness (QED) is 0.113. The summed E-state index contributed by atoms with van der Waals surface area (Å²) in [6.45, 7) is 29.6. The molecule has 0 fully saturated rings. The van der Waals surface area contributed by atoms with E-state index in [1.165, 1.54) is 24.0 Å². The van der Waals surface area contributed by atoms with Gasteiger partial charge in [-0.05, 0) is 66.8 Å². The van der Waals surface area contributed by atoms with Gasteiger partial charge in [0.2, 0.25) is 5.91 Å². The minimum atomic E-state index is -0.404. The average Bonchev–Trinajstić information content (AvgIpc) is 3.68. The van der Waals surface area contributed by atoms with Crippen molar-refractivity contribution in [2.24, 2.45) is 23.5 Å². The molecule has 0 radical (unpaired) electrons. The Morgan fingerprint density at radius 1 is 0.933 bits per heavy atom. The summed E-state index contributed by atoms with van der Waals surface area (Å²) in [7, 11) is 1.84. The second-order valence-electron chi connectivity index (χ2n) is 15.9. The summed E-state index contributed by atoms with van der Waals surface area (Å²) in [4.78, 5) is 48.0. The number of aryl methyl sites for hydroxylation is 2. The van der Waals surface area contributed by atoms with E-state index in [1.807, 2.05) is 53.8 Å². The van der Waals surface area contributed by atoms with Crippen molar-refractivity contribution in [1.29, 1.82) is 0 Å². The first-order chi connectivity index (χ1) is 28.7. The molecule has 1 aliphatic heterocycles. The Bertz CT molecular complexity index is 1670. The molecule has 12 nitrogen and oxygen atoms in total. The van der Waals surface area contributed by atoms with Crippen LogP contribution < -0.4 is 20.5 Å². The molecule has 1 aliphatic carbocycles. The van der Waals surface area contributed by atoms with Crippen molar-refractivity contribution in [2.75, 3.05) is 26.7 Å². The zero-order valence-electron chi connectivity index (χ0n) is 39.6. The Morgan fingerprint density at radius 2 is 1.60 bits per heavy atom. The summed E-state index contributed by atoms with van der Waals surface area (Å²) >= 11 is 0.